The Morgan fingerprint density at radius 3 is 1.44 bits per heavy atom. The van der Waals surface area contributed by atoms with Crippen LogP contribution >= 0.6 is 0 Å². The van der Waals surface area contributed by atoms with Crippen LogP contribution in [0, 0.1) is 0 Å². The lowest BCUT2D eigenvalue weighted by atomic mass is 10.1. The summed E-state index contributed by atoms with van der Waals surface area (Å²) in [6, 6.07) is 4.81. The van der Waals surface area contributed by atoms with Crippen LogP contribution < -0.4 is 10.4 Å². The van der Waals surface area contributed by atoms with Gasteiger partial charge in [0.1, 0.15) is 16.1 Å². The molecule has 1 aromatic rings. The topological polar surface area (TPSA) is 0 Å². The van der Waals surface area contributed by atoms with Gasteiger partial charge in [-0.05, 0) is 21.5 Å². The van der Waals surface area contributed by atoms with Gasteiger partial charge in [0, 0.05) is 0 Å². The van der Waals surface area contributed by atoms with Gasteiger partial charge in [-0.1, -0.05) is 61.9 Å². The summed E-state index contributed by atoms with van der Waals surface area (Å²) in [6.07, 6.45) is 4.75. The highest BCUT2D eigenvalue weighted by Crippen LogP contribution is 2.27. The smallest absolute Gasteiger partial charge is 0.0896 e. The Kier molecular flexibility index (Phi) is 1.85. The third-order valence-electron chi connectivity index (χ3n) is 4.01. The predicted octanol–water partition coefficient (Wildman–Crippen LogP) is 2.65. The molecular formula is C14H18Si2. The molecule has 0 atom stereocenters. The molecule has 0 N–H and O–H groups in total. The standard InChI is InChI=1S/C14H18Si2/c1-15(2)9-7-11-12-8-10-16(3,4)14(12)6-5-13(11)15/h5-10H,1-4H3. The maximum atomic E-state index is 2.47. The van der Waals surface area contributed by atoms with Crippen LogP contribution in [0.5, 0.6) is 0 Å². The molecule has 2 heteroatoms. The predicted molar refractivity (Wildman–Crippen MR) is 78.7 cm³/mol. The van der Waals surface area contributed by atoms with Crippen molar-refractivity contribution in [3.05, 3.63) is 34.7 Å². The van der Waals surface area contributed by atoms with Crippen LogP contribution in [0.25, 0.3) is 12.2 Å². The van der Waals surface area contributed by atoms with Gasteiger partial charge >= 0.3 is 0 Å². The molecule has 2 aliphatic rings. The first kappa shape index (κ1) is 10.3. The molecule has 3 rings (SSSR count). The van der Waals surface area contributed by atoms with E-state index in [0.717, 1.165) is 0 Å². The Morgan fingerprint density at radius 1 is 0.688 bits per heavy atom. The van der Waals surface area contributed by atoms with Crippen LogP contribution in [-0.2, 0) is 0 Å². The average Bonchev–Trinajstić information content (AvgIpc) is 2.66. The highest BCUT2D eigenvalue weighted by atomic mass is 28.3. The molecule has 0 saturated carbocycles. The average molecular weight is 242 g/mol. The van der Waals surface area contributed by atoms with Gasteiger partial charge in [-0.15, -0.1) is 0 Å². The fraction of sp³-hybridized carbons (Fsp3) is 0.286. The molecule has 0 bridgehead atoms. The minimum atomic E-state index is -1.25. The maximum Gasteiger partial charge on any atom is 0.105 e. The van der Waals surface area contributed by atoms with Crippen molar-refractivity contribution in [2.75, 3.05) is 0 Å². The number of fused-ring (bicyclic) bond motifs is 3. The van der Waals surface area contributed by atoms with Crippen molar-refractivity contribution in [1.29, 1.82) is 0 Å². The molecule has 82 valence electrons. The summed E-state index contributed by atoms with van der Waals surface area (Å²) >= 11 is 0. The van der Waals surface area contributed by atoms with Crippen LogP contribution in [0.15, 0.2) is 23.5 Å². The number of hydrogen-bond acceptors (Lipinski definition) is 0. The van der Waals surface area contributed by atoms with Crippen LogP contribution in [0.1, 0.15) is 11.1 Å². The summed E-state index contributed by atoms with van der Waals surface area (Å²) in [5.74, 6) is 0. The minimum absolute atomic E-state index is 1.25. The summed E-state index contributed by atoms with van der Waals surface area (Å²) in [4.78, 5) is 0. The molecule has 0 fully saturated rings. The van der Waals surface area contributed by atoms with Crippen LogP contribution in [0.4, 0.5) is 0 Å². The van der Waals surface area contributed by atoms with Gasteiger partial charge in [-0.25, -0.2) is 0 Å². The van der Waals surface area contributed by atoms with Gasteiger partial charge in [0.15, 0.2) is 0 Å². The quantitative estimate of drug-likeness (QED) is 0.614. The molecule has 0 aromatic heterocycles. The first-order chi connectivity index (χ1) is 7.42. The summed E-state index contributed by atoms with van der Waals surface area (Å²) in [5.41, 5.74) is 8.00. The summed E-state index contributed by atoms with van der Waals surface area (Å²) in [5, 5.41) is 3.25. The Labute approximate surface area is 99.7 Å². The van der Waals surface area contributed by atoms with Crippen molar-refractivity contribution in [2.24, 2.45) is 0 Å². The van der Waals surface area contributed by atoms with Crippen molar-refractivity contribution in [1.82, 2.24) is 0 Å². The lowest BCUT2D eigenvalue weighted by Crippen LogP contribution is -2.43. The van der Waals surface area contributed by atoms with Gasteiger partial charge in [-0.2, -0.15) is 0 Å². The second-order valence-electron chi connectivity index (χ2n) is 6.10. The lowest BCUT2D eigenvalue weighted by molar-refractivity contribution is 1.69. The number of hydrogen-bond donors (Lipinski definition) is 0. The van der Waals surface area contributed by atoms with E-state index in [1.54, 1.807) is 10.4 Å². The SMILES string of the molecule is C[Si]1(C)C=Cc2c1ccc1c2C=C[Si]1(C)C. The molecule has 0 aliphatic carbocycles. The number of rotatable bonds is 0. The van der Waals surface area contributed by atoms with E-state index in [1.165, 1.54) is 11.1 Å². The third-order valence-corrected chi connectivity index (χ3v) is 9.66. The van der Waals surface area contributed by atoms with Crippen molar-refractivity contribution >= 4 is 38.7 Å². The molecular weight excluding hydrogens is 224 g/mol. The normalized spacial score (nSPS) is 22.2. The largest absolute Gasteiger partial charge is 0.105 e. The third kappa shape index (κ3) is 1.20. The van der Waals surface area contributed by atoms with E-state index in [-0.39, 0.29) is 0 Å². The van der Waals surface area contributed by atoms with Crippen molar-refractivity contribution in [3.63, 3.8) is 0 Å². The van der Waals surface area contributed by atoms with Crippen LogP contribution in [-0.4, -0.2) is 16.1 Å². The molecule has 2 heterocycles. The van der Waals surface area contributed by atoms with Gasteiger partial charge in [0.25, 0.3) is 0 Å². The Morgan fingerprint density at radius 2 is 1.06 bits per heavy atom. The van der Waals surface area contributed by atoms with Gasteiger partial charge < -0.3 is 0 Å². The van der Waals surface area contributed by atoms with Gasteiger partial charge in [0.05, 0.1) is 0 Å². The van der Waals surface area contributed by atoms with Crippen molar-refractivity contribution in [3.8, 4) is 0 Å². The zero-order valence-corrected chi connectivity index (χ0v) is 12.5. The molecule has 0 spiro atoms. The summed E-state index contributed by atoms with van der Waals surface area (Å²) < 4.78 is 0. The van der Waals surface area contributed by atoms with Gasteiger partial charge in [0.2, 0.25) is 0 Å². The van der Waals surface area contributed by atoms with Crippen molar-refractivity contribution < 1.29 is 0 Å². The highest BCUT2D eigenvalue weighted by Gasteiger charge is 2.34. The molecule has 0 unspecified atom stereocenters. The first-order valence-electron chi connectivity index (χ1n) is 5.98. The zero-order valence-electron chi connectivity index (χ0n) is 10.5. The van der Waals surface area contributed by atoms with Crippen molar-refractivity contribution in [2.45, 2.75) is 26.2 Å². The molecule has 1 aromatic carbocycles. The molecule has 0 radical (unpaired) electrons. The monoisotopic (exact) mass is 242 g/mol. The van der Waals surface area contributed by atoms with E-state index in [0.29, 0.717) is 0 Å². The highest BCUT2D eigenvalue weighted by molar-refractivity contribution is 6.98. The minimum Gasteiger partial charge on any atom is -0.0896 e. The molecule has 0 nitrogen and oxygen atoms in total. The van der Waals surface area contributed by atoms with Crippen LogP contribution in [0.3, 0.4) is 0 Å². The molecule has 2 aliphatic heterocycles. The number of benzene rings is 1. The van der Waals surface area contributed by atoms with Gasteiger partial charge in [-0.3, -0.25) is 0 Å². The zero-order chi connectivity index (χ0) is 11.6. The van der Waals surface area contributed by atoms with E-state index in [2.05, 4.69) is 61.9 Å². The van der Waals surface area contributed by atoms with E-state index in [4.69, 9.17) is 0 Å². The fourth-order valence-electron chi connectivity index (χ4n) is 2.88. The lowest BCUT2D eigenvalue weighted by Gasteiger charge is -2.20. The van der Waals surface area contributed by atoms with E-state index < -0.39 is 16.1 Å². The van der Waals surface area contributed by atoms with E-state index in [9.17, 15) is 0 Å². The van der Waals surface area contributed by atoms with Crippen LogP contribution in [0.2, 0.25) is 26.2 Å². The molecule has 16 heavy (non-hydrogen) atoms. The second kappa shape index (κ2) is 2.87. The first-order valence-corrected chi connectivity index (χ1v) is 12.1. The summed E-state index contributed by atoms with van der Waals surface area (Å²) in [7, 11) is -2.50. The Balaban J connectivity index is 2.29. The van der Waals surface area contributed by atoms with E-state index >= 15 is 0 Å². The molecule has 0 saturated heterocycles. The van der Waals surface area contributed by atoms with E-state index in [1.807, 2.05) is 0 Å². The fourth-order valence-corrected chi connectivity index (χ4v) is 7.26. The Bertz CT molecular complexity index is 485. The maximum absolute atomic E-state index is 2.47. The Hall–Kier alpha value is -0.866. The molecule has 0 amide bonds. The second-order valence-corrected chi connectivity index (χ2v) is 14.7. The summed E-state index contributed by atoms with van der Waals surface area (Å²) in [6.45, 7) is 9.73.